The fourth-order valence-electron chi connectivity index (χ4n) is 11.2. The molecule has 13 rings (SSSR count). The Bertz CT molecular complexity index is 3850. The second-order valence-electron chi connectivity index (χ2n) is 20.5. The van der Waals surface area contributed by atoms with Gasteiger partial charge in [0, 0.05) is 52.4 Å². The summed E-state index contributed by atoms with van der Waals surface area (Å²) in [5.74, 6) is 0. The molecule has 4 aromatic carbocycles. The number of rotatable bonds is 12. The smallest absolute Gasteiger partial charge is 0.657 e. The van der Waals surface area contributed by atoms with Crippen LogP contribution in [0, 0.1) is 0 Å². The Morgan fingerprint density at radius 3 is 0.671 bits per heavy atom. The molecule has 9 heterocycles. The fourth-order valence-corrected chi connectivity index (χ4v) is 16.8. The Kier molecular flexibility index (Phi) is 16.6. The van der Waals surface area contributed by atoms with Crippen LogP contribution in [0.5, 0.6) is 0 Å². The standard InChI is InChI=1S/C60H56N8O12S4.Cu/c69-81(70,65-25-33-77-34-26-65)45-9-1-41(2-10-45)57-49-17-19-51(61-49)58(42-3-11-46(12-4-42)82(71,72)66-27-35-78-36-28-66)53-21-23-55(63-53)60(44-7-15-48(16-8-44)84(75,76)68-31-39-80-40-32-68)56-24-22-54(64-56)59(52-20-18-50(57)62-52)43-5-13-47(14-6-43)83(73,74)67-29-37-79-38-30-67;/h1-24H,25-40H2;/q-2;+2. The summed E-state index contributed by atoms with van der Waals surface area (Å²) in [5, 5.41) is 0. The first-order chi connectivity index (χ1) is 40.6. The first-order valence-electron chi connectivity index (χ1n) is 27.4. The topological polar surface area (TPSA) is 240 Å². The molecule has 0 N–H and O–H groups in total. The molecular weight excluding hydrogens is 1220 g/mol. The van der Waals surface area contributed by atoms with Crippen LogP contribution in [0.2, 0.25) is 0 Å². The van der Waals surface area contributed by atoms with Crippen molar-refractivity contribution in [2.45, 2.75) is 19.6 Å². The predicted octanol–water partition coefficient (Wildman–Crippen LogP) is 6.66. The minimum atomic E-state index is -3.86. The van der Waals surface area contributed by atoms with Crippen molar-refractivity contribution in [3.05, 3.63) is 144 Å². The maximum Gasteiger partial charge on any atom is 2.00 e. The van der Waals surface area contributed by atoms with E-state index in [1.54, 1.807) is 97.1 Å². The molecule has 0 saturated carbocycles. The molecule has 0 aliphatic carbocycles. The number of hydrogen-bond acceptors (Lipinski definition) is 14. The van der Waals surface area contributed by atoms with Crippen LogP contribution in [0.4, 0.5) is 0 Å². The number of benzene rings is 4. The molecule has 0 unspecified atom stereocenters. The molecule has 443 valence electrons. The molecule has 4 saturated heterocycles. The van der Waals surface area contributed by atoms with E-state index in [1.807, 2.05) is 48.6 Å². The van der Waals surface area contributed by atoms with E-state index in [9.17, 15) is 33.7 Å². The zero-order chi connectivity index (χ0) is 57.8. The number of hydrogen-bond donors (Lipinski definition) is 0. The van der Waals surface area contributed by atoms with Crippen LogP contribution in [0.1, 0.15) is 22.8 Å². The van der Waals surface area contributed by atoms with E-state index >= 15 is 0 Å². The monoisotopic (exact) mass is 1270 g/mol. The Hall–Kier alpha value is -6.52. The van der Waals surface area contributed by atoms with E-state index in [0.717, 1.165) is 0 Å². The second-order valence-corrected chi connectivity index (χ2v) is 28.3. The third kappa shape index (κ3) is 11.3. The minimum absolute atomic E-state index is 0. The van der Waals surface area contributed by atoms with Crippen molar-refractivity contribution in [1.82, 2.24) is 37.2 Å². The molecule has 3 aromatic heterocycles. The molecule has 0 spiro atoms. The maximum absolute atomic E-state index is 13.9. The quantitative estimate of drug-likeness (QED) is 0.116. The van der Waals surface area contributed by atoms with Crippen molar-refractivity contribution in [2.24, 2.45) is 0 Å². The van der Waals surface area contributed by atoms with Crippen LogP contribution in [-0.4, -0.2) is 166 Å². The van der Waals surface area contributed by atoms with E-state index in [4.69, 9.17) is 38.9 Å². The van der Waals surface area contributed by atoms with Gasteiger partial charge in [-0.05, 0) is 117 Å². The first-order valence-corrected chi connectivity index (χ1v) is 33.2. The zero-order valence-corrected chi connectivity index (χ0v) is 49.8. The van der Waals surface area contributed by atoms with Crippen molar-refractivity contribution < 1.29 is 69.7 Å². The molecule has 8 bridgehead atoms. The summed E-state index contributed by atoms with van der Waals surface area (Å²) >= 11 is 0. The van der Waals surface area contributed by atoms with Crippen LogP contribution < -0.4 is 9.97 Å². The Morgan fingerprint density at radius 1 is 0.294 bits per heavy atom. The normalized spacial score (nSPS) is 17.9. The summed E-state index contributed by atoms with van der Waals surface area (Å²) in [6.45, 7) is 4.16. The number of aromatic nitrogens is 4. The van der Waals surface area contributed by atoms with E-state index in [-0.39, 0.29) is 89.0 Å². The van der Waals surface area contributed by atoms with E-state index in [2.05, 4.69) is 0 Å². The largest absolute Gasteiger partial charge is 2.00 e. The average molecular weight is 1270 g/mol. The van der Waals surface area contributed by atoms with Crippen LogP contribution >= 0.6 is 0 Å². The number of sulfonamides is 4. The predicted molar refractivity (Wildman–Crippen MR) is 317 cm³/mol. The van der Waals surface area contributed by atoms with Crippen LogP contribution in [-0.2, 0) is 76.1 Å². The van der Waals surface area contributed by atoms with Crippen molar-refractivity contribution in [1.29, 1.82) is 0 Å². The van der Waals surface area contributed by atoms with E-state index in [1.165, 1.54) is 17.2 Å². The van der Waals surface area contributed by atoms with Gasteiger partial charge in [0.2, 0.25) is 40.1 Å². The van der Waals surface area contributed by atoms with Crippen LogP contribution in [0.25, 0.3) is 90.9 Å². The summed E-state index contributed by atoms with van der Waals surface area (Å²) in [7, 11) is -15.4. The molecule has 7 aromatic rings. The molecule has 20 nitrogen and oxygen atoms in total. The fraction of sp³-hybridized carbons (Fsp3) is 0.267. The summed E-state index contributed by atoms with van der Waals surface area (Å²) in [6.07, 6.45) is 7.40. The zero-order valence-electron chi connectivity index (χ0n) is 45.6. The van der Waals surface area contributed by atoms with E-state index in [0.29, 0.717) is 142 Å². The van der Waals surface area contributed by atoms with Crippen molar-refractivity contribution in [3.63, 3.8) is 0 Å². The van der Waals surface area contributed by atoms with Gasteiger partial charge in [-0.2, -0.15) is 17.2 Å². The van der Waals surface area contributed by atoms with Gasteiger partial charge in [0.05, 0.1) is 95.2 Å². The molecule has 4 fully saturated rings. The third-order valence-electron chi connectivity index (χ3n) is 15.6. The van der Waals surface area contributed by atoms with Crippen molar-refractivity contribution >= 4 is 86.5 Å². The van der Waals surface area contributed by atoms with Gasteiger partial charge in [-0.3, -0.25) is 0 Å². The summed E-state index contributed by atoms with van der Waals surface area (Å²) < 4.78 is 139. The van der Waals surface area contributed by atoms with Gasteiger partial charge >= 0.3 is 17.1 Å². The molecule has 85 heavy (non-hydrogen) atoms. The number of nitrogens with zero attached hydrogens (tertiary/aromatic N) is 8. The molecule has 0 amide bonds. The SMILES string of the molecule is O=S(=O)(c1ccc(-c2c3nc(c(-c4ccc(S(=O)(=O)N5CCOCC5)cc4)c4ccc([n-]4)c(-c4ccc(S(=O)(=O)N5CCOCC5)cc4)c4nc(c(-c5ccc(S(=O)(=O)N6CCOCC6)cc5)c5ccc2[n-]5)C=C4)C=C3)cc1)N1CCOCC1.[Cu+2]. The van der Waals surface area contributed by atoms with Gasteiger partial charge in [0.1, 0.15) is 0 Å². The number of fused-ring (bicyclic) bond motifs is 8. The minimum Gasteiger partial charge on any atom is -0.657 e. The molecule has 0 atom stereocenters. The van der Waals surface area contributed by atoms with Crippen LogP contribution in [0.3, 0.4) is 0 Å². The Morgan fingerprint density at radius 2 is 0.482 bits per heavy atom. The summed E-state index contributed by atoms with van der Waals surface area (Å²) in [4.78, 5) is 21.7. The van der Waals surface area contributed by atoms with Crippen LogP contribution in [0.15, 0.2) is 141 Å². The first kappa shape index (κ1) is 58.8. The maximum atomic E-state index is 13.9. The van der Waals surface area contributed by atoms with Gasteiger partial charge in [-0.15, -0.1) is 22.1 Å². The molecular formula is C60H56CuN8O12S4. The number of morpholine rings is 4. The Balaban J connectivity index is 0.00000709. The average Bonchev–Trinajstić information content (AvgIpc) is 4.56. The van der Waals surface area contributed by atoms with Gasteiger partial charge < -0.3 is 28.9 Å². The second kappa shape index (κ2) is 24.0. The van der Waals surface area contributed by atoms with E-state index < -0.39 is 40.1 Å². The van der Waals surface area contributed by atoms with Gasteiger partial charge in [0.15, 0.2) is 0 Å². The molecule has 25 heteroatoms. The molecule has 1 radical (unpaired) electrons. The molecule has 6 aliphatic heterocycles. The van der Waals surface area contributed by atoms with Crippen molar-refractivity contribution in [3.8, 4) is 44.5 Å². The number of ether oxygens (including phenoxy) is 4. The van der Waals surface area contributed by atoms with Gasteiger partial charge in [0.25, 0.3) is 0 Å². The van der Waals surface area contributed by atoms with Crippen molar-refractivity contribution in [2.75, 3.05) is 105 Å². The Labute approximate surface area is 503 Å². The summed E-state index contributed by atoms with van der Waals surface area (Å²) in [6, 6.07) is 33.9. The van der Waals surface area contributed by atoms with Gasteiger partial charge in [-0.1, -0.05) is 72.8 Å². The third-order valence-corrected chi connectivity index (χ3v) is 23.3. The van der Waals surface area contributed by atoms with Gasteiger partial charge in [-0.25, -0.2) is 43.6 Å². The molecule has 6 aliphatic rings. The summed E-state index contributed by atoms with van der Waals surface area (Å²) in [5.41, 5.74) is 8.53.